The number of amides is 1. The second kappa shape index (κ2) is 6.38. The van der Waals surface area contributed by atoms with Crippen molar-refractivity contribution in [3.8, 4) is 0 Å². The summed E-state index contributed by atoms with van der Waals surface area (Å²) in [4.78, 5) is 16.7. The zero-order valence-electron chi connectivity index (χ0n) is 13.7. The van der Waals surface area contributed by atoms with Gasteiger partial charge < -0.3 is 14.2 Å². The fourth-order valence-corrected chi connectivity index (χ4v) is 2.98. The molecule has 1 atom stereocenters. The summed E-state index contributed by atoms with van der Waals surface area (Å²) in [5.41, 5.74) is 2.07. The minimum atomic E-state index is 0.0307. The molecule has 1 saturated heterocycles. The highest BCUT2D eigenvalue weighted by Crippen LogP contribution is 2.26. The summed E-state index contributed by atoms with van der Waals surface area (Å²) in [5, 5.41) is 4.23. The first-order chi connectivity index (χ1) is 10.6. The summed E-state index contributed by atoms with van der Waals surface area (Å²) in [6, 6.07) is 0.448. The van der Waals surface area contributed by atoms with Gasteiger partial charge in [0.15, 0.2) is 0 Å². The van der Waals surface area contributed by atoms with Gasteiger partial charge in [-0.25, -0.2) is 0 Å². The van der Waals surface area contributed by atoms with Gasteiger partial charge in [0.2, 0.25) is 5.91 Å². The number of carbonyl (C=O) groups excluding carboxylic acids is 1. The van der Waals surface area contributed by atoms with Crippen LogP contribution in [-0.2, 0) is 29.0 Å². The van der Waals surface area contributed by atoms with Crippen molar-refractivity contribution in [1.82, 2.24) is 15.0 Å². The van der Waals surface area contributed by atoms with Crippen LogP contribution in [0.3, 0.4) is 0 Å². The van der Waals surface area contributed by atoms with Crippen LogP contribution in [0.2, 0.25) is 0 Å². The largest absolute Gasteiger partial charge is 0.381 e. The van der Waals surface area contributed by atoms with E-state index in [0.717, 1.165) is 42.9 Å². The minimum Gasteiger partial charge on any atom is -0.381 e. The molecule has 1 aromatic rings. The summed E-state index contributed by atoms with van der Waals surface area (Å²) in [5.74, 6) is 1.19. The summed E-state index contributed by atoms with van der Waals surface area (Å²) >= 11 is 0. The third-order valence-electron chi connectivity index (χ3n) is 4.78. The van der Waals surface area contributed by atoms with E-state index in [1.807, 2.05) is 4.90 Å². The van der Waals surface area contributed by atoms with Gasteiger partial charge in [0, 0.05) is 37.7 Å². The Bertz CT molecular complexity index is 535. The van der Waals surface area contributed by atoms with E-state index in [9.17, 15) is 4.79 Å². The van der Waals surface area contributed by atoms with Gasteiger partial charge in [-0.05, 0) is 27.3 Å². The molecule has 1 fully saturated rings. The molecule has 0 aromatic carbocycles. The number of fused-ring (bicyclic) bond motifs is 1. The fraction of sp³-hybridized carbons (Fsp3) is 0.750. The zero-order chi connectivity index (χ0) is 15.7. The molecule has 1 amide bonds. The zero-order valence-corrected chi connectivity index (χ0v) is 13.7. The second-order valence-corrected chi connectivity index (χ2v) is 6.61. The molecule has 0 saturated carbocycles. The molecule has 0 bridgehead atoms. The Kier molecular flexibility index (Phi) is 4.49. The van der Waals surface area contributed by atoms with Gasteiger partial charge in [0.1, 0.15) is 11.5 Å². The number of hydrogen-bond acceptors (Lipinski definition) is 5. The van der Waals surface area contributed by atoms with E-state index in [-0.39, 0.29) is 11.8 Å². The Balaban J connectivity index is 1.71. The lowest BCUT2D eigenvalue weighted by molar-refractivity contribution is -0.136. The van der Waals surface area contributed by atoms with Gasteiger partial charge in [-0.1, -0.05) is 5.16 Å². The average molecular weight is 307 g/mol. The Morgan fingerprint density at radius 3 is 3.00 bits per heavy atom. The van der Waals surface area contributed by atoms with Crippen molar-refractivity contribution >= 4 is 5.91 Å². The van der Waals surface area contributed by atoms with Gasteiger partial charge >= 0.3 is 0 Å². The third-order valence-corrected chi connectivity index (χ3v) is 4.78. The molecule has 22 heavy (non-hydrogen) atoms. The number of rotatable bonds is 4. The molecule has 0 N–H and O–H groups in total. The molecule has 0 spiro atoms. The van der Waals surface area contributed by atoms with Crippen molar-refractivity contribution < 1.29 is 14.1 Å². The monoisotopic (exact) mass is 307 g/mol. The Morgan fingerprint density at radius 1 is 1.50 bits per heavy atom. The van der Waals surface area contributed by atoms with Crippen LogP contribution in [0.15, 0.2) is 4.52 Å². The predicted molar refractivity (Wildman–Crippen MR) is 81.2 cm³/mol. The molecule has 1 aromatic heterocycles. The third kappa shape index (κ3) is 3.03. The fourth-order valence-electron chi connectivity index (χ4n) is 2.98. The quantitative estimate of drug-likeness (QED) is 0.842. The molecule has 2 aliphatic rings. The lowest BCUT2D eigenvalue weighted by atomic mass is 10.0. The van der Waals surface area contributed by atoms with Gasteiger partial charge in [0.25, 0.3) is 0 Å². The molecule has 1 unspecified atom stereocenters. The predicted octanol–water partition coefficient (Wildman–Crippen LogP) is 1.44. The Morgan fingerprint density at radius 2 is 2.32 bits per heavy atom. The van der Waals surface area contributed by atoms with E-state index in [1.54, 1.807) is 0 Å². The van der Waals surface area contributed by atoms with Crippen LogP contribution in [0.1, 0.15) is 37.3 Å². The van der Waals surface area contributed by atoms with E-state index < -0.39 is 0 Å². The van der Waals surface area contributed by atoms with Crippen LogP contribution >= 0.6 is 0 Å². The van der Waals surface area contributed by atoms with Crippen molar-refractivity contribution in [3.05, 3.63) is 17.0 Å². The number of hydrogen-bond donors (Lipinski definition) is 0. The molecule has 2 aliphatic heterocycles. The Labute approximate surface area is 131 Å². The summed E-state index contributed by atoms with van der Waals surface area (Å²) in [6.07, 6.45) is 1.60. The first kappa shape index (κ1) is 15.5. The first-order valence-electron chi connectivity index (χ1n) is 8.09. The van der Waals surface area contributed by atoms with Crippen molar-refractivity contribution in [2.45, 2.75) is 45.8 Å². The van der Waals surface area contributed by atoms with Crippen molar-refractivity contribution in [3.63, 3.8) is 0 Å². The maximum Gasteiger partial charge on any atom is 0.228 e. The van der Waals surface area contributed by atoms with Crippen LogP contribution in [0.4, 0.5) is 0 Å². The lowest BCUT2D eigenvalue weighted by Gasteiger charge is -2.29. The molecule has 6 nitrogen and oxygen atoms in total. The number of aromatic nitrogens is 1. The first-order valence-corrected chi connectivity index (χ1v) is 8.09. The van der Waals surface area contributed by atoms with Crippen molar-refractivity contribution in [2.24, 2.45) is 5.92 Å². The highest BCUT2D eigenvalue weighted by atomic mass is 16.5. The lowest BCUT2D eigenvalue weighted by Crippen LogP contribution is -2.40. The van der Waals surface area contributed by atoms with Crippen molar-refractivity contribution in [2.75, 3.05) is 26.8 Å². The molecule has 122 valence electrons. The van der Waals surface area contributed by atoms with Gasteiger partial charge in [0.05, 0.1) is 19.1 Å². The molecule has 0 aliphatic carbocycles. The van der Waals surface area contributed by atoms with Gasteiger partial charge in [-0.15, -0.1) is 0 Å². The maximum absolute atomic E-state index is 12.6. The molecular formula is C16H25N3O3. The van der Waals surface area contributed by atoms with E-state index in [0.29, 0.717) is 25.8 Å². The van der Waals surface area contributed by atoms with Crippen molar-refractivity contribution in [1.29, 1.82) is 0 Å². The molecule has 0 radical (unpaired) electrons. The van der Waals surface area contributed by atoms with Gasteiger partial charge in [-0.3, -0.25) is 9.69 Å². The number of nitrogens with zero attached hydrogens (tertiary/aromatic N) is 3. The van der Waals surface area contributed by atoms with E-state index in [4.69, 9.17) is 9.26 Å². The van der Waals surface area contributed by atoms with Crippen LogP contribution in [-0.4, -0.2) is 53.7 Å². The van der Waals surface area contributed by atoms with E-state index >= 15 is 0 Å². The second-order valence-electron chi connectivity index (χ2n) is 6.61. The molecular weight excluding hydrogens is 282 g/mol. The Hall–Kier alpha value is -1.40. The summed E-state index contributed by atoms with van der Waals surface area (Å²) < 4.78 is 10.8. The van der Waals surface area contributed by atoms with E-state index in [2.05, 4.69) is 31.0 Å². The van der Waals surface area contributed by atoms with Crippen LogP contribution < -0.4 is 0 Å². The highest BCUT2D eigenvalue weighted by Gasteiger charge is 2.32. The average Bonchev–Trinajstić information content (AvgIpc) is 3.16. The molecule has 3 rings (SSSR count). The van der Waals surface area contributed by atoms with Crippen LogP contribution in [0, 0.1) is 5.92 Å². The van der Waals surface area contributed by atoms with E-state index in [1.165, 1.54) is 0 Å². The summed E-state index contributed by atoms with van der Waals surface area (Å²) in [7, 11) is 2.08. The van der Waals surface area contributed by atoms with Crippen LogP contribution in [0.25, 0.3) is 0 Å². The number of ether oxygens (including phenoxy) is 1. The smallest absolute Gasteiger partial charge is 0.228 e. The summed E-state index contributed by atoms with van der Waals surface area (Å²) in [6.45, 7) is 7.67. The van der Waals surface area contributed by atoms with Crippen LogP contribution in [0.5, 0.6) is 0 Å². The highest BCUT2D eigenvalue weighted by molar-refractivity contribution is 5.79. The maximum atomic E-state index is 12.6. The standard InChI is InChI=1S/C16H25N3O3/c1-11(2)18(3)9-14-13-8-19(6-4-15(13)22-17-14)16(20)12-5-7-21-10-12/h11-12H,4-10H2,1-3H3. The van der Waals surface area contributed by atoms with Gasteiger partial charge in [-0.2, -0.15) is 0 Å². The molecule has 3 heterocycles. The number of carbonyl (C=O) groups is 1. The normalized spacial score (nSPS) is 21.7. The molecule has 6 heteroatoms. The SMILES string of the molecule is CC(C)N(C)Cc1noc2c1CN(C(=O)C1CCOC1)CC2. The minimum absolute atomic E-state index is 0.0307. The topological polar surface area (TPSA) is 58.8 Å².